The predicted molar refractivity (Wildman–Crippen MR) is 261 cm³/mol. The summed E-state index contributed by atoms with van der Waals surface area (Å²) >= 11 is 15.9. The fourth-order valence-corrected chi connectivity index (χ4v) is 12.5. The molecule has 2 unspecified atom stereocenters. The summed E-state index contributed by atoms with van der Waals surface area (Å²) in [6, 6.07) is 14.8. The van der Waals surface area contributed by atoms with Gasteiger partial charge in [0.2, 0.25) is 0 Å². The third-order valence-electron chi connectivity index (χ3n) is 14.0. The zero-order valence-corrected chi connectivity index (χ0v) is 42.1. The number of halogens is 8. The molecule has 380 valence electrons. The van der Waals surface area contributed by atoms with Crippen molar-refractivity contribution in [3.8, 4) is 0 Å². The molecule has 10 rings (SSSR count). The molecule has 23 heteroatoms. The molecule has 0 bridgehead atoms. The monoisotopic (exact) mass is 1070 g/mol. The minimum absolute atomic E-state index is 0.0204. The number of alkyl halides is 6. The van der Waals surface area contributed by atoms with E-state index in [0.717, 1.165) is 33.3 Å². The van der Waals surface area contributed by atoms with Crippen molar-refractivity contribution in [3.05, 3.63) is 137 Å². The molecular weight excluding hydrogens is 1030 g/mol. The normalized spacial score (nSPS) is 20.6. The minimum atomic E-state index is -4.72. The van der Waals surface area contributed by atoms with E-state index in [9.17, 15) is 26.3 Å². The average Bonchev–Trinajstić information content (AvgIpc) is 4.23. The first-order chi connectivity index (χ1) is 34.5. The number of nitrogens with zero attached hydrogens (tertiary/aromatic N) is 10. The average molecular weight is 1070 g/mol. The van der Waals surface area contributed by atoms with Gasteiger partial charge in [-0.2, -0.15) is 36.5 Å². The molecule has 72 heavy (non-hydrogen) atoms. The highest BCUT2D eigenvalue weighted by Gasteiger charge is 2.42. The number of likely N-dealkylation sites (tertiary alicyclic amines) is 2. The van der Waals surface area contributed by atoms with Crippen LogP contribution in [-0.4, -0.2) is 94.8 Å². The lowest BCUT2D eigenvalue weighted by Crippen LogP contribution is -2.57. The van der Waals surface area contributed by atoms with Crippen molar-refractivity contribution in [1.82, 2.24) is 39.3 Å². The Morgan fingerprint density at radius 2 is 1.04 bits per heavy atom. The molecule has 0 amide bonds. The van der Waals surface area contributed by atoms with Crippen molar-refractivity contribution < 1.29 is 40.8 Å². The summed E-state index contributed by atoms with van der Waals surface area (Å²) in [7, 11) is 0. The van der Waals surface area contributed by atoms with E-state index in [1.165, 1.54) is 45.9 Å². The molecule has 4 aliphatic rings. The molecule has 8 heterocycles. The van der Waals surface area contributed by atoms with Gasteiger partial charge in [-0.15, -0.1) is 22.7 Å². The second-order valence-corrected chi connectivity index (χ2v) is 21.2. The van der Waals surface area contributed by atoms with Gasteiger partial charge in [0.15, 0.2) is 29.4 Å². The molecule has 0 aliphatic carbocycles. The van der Waals surface area contributed by atoms with Gasteiger partial charge in [-0.25, -0.2) is 9.97 Å². The predicted octanol–water partition coefficient (Wildman–Crippen LogP) is 11.5. The molecule has 4 aliphatic heterocycles. The molecular formula is C49H48Cl2F6N10O3S2. The summed E-state index contributed by atoms with van der Waals surface area (Å²) in [4.78, 5) is 40.9. The third kappa shape index (κ3) is 10.7. The van der Waals surface area contributed by atoms with E-state index in [1.807, 2.05) is 57.0 Å². The summed E-state index contributed by atoms with van der Waals surface area (Å²) in [6.07, 6.45) is -6.76. The van der Waals surface area contributed by atoms with Crippen molar-refractivity contribution in [2.24, 2.45) is 10.3 Å². The molecule has 2 fully saturated rings. The summed E-state index contributed by atoms with van der Waals surface area (Å²) in [5, 5.41) is 23.4. The lowest BCUT2D eigenvalue weighted by atomic mass is 9.91. The maximum atomic E-state index is 15.5. The fraction of sp³-hybridized carbons (Fsp3) is 0.449. The number of ketones is 1. The van der Waals surface area contributed by atoms with Crippen LogP contribution in [0.4, 0.5) is 26.3 Å². The van der Waals surface area contributed by atoms with E-state index >= 15 is 4.79 Å². The number of rotatable bonds is 14. The molecule has 2 aromatic carbocycles. The first-order valence-electron chi connectivity index (χ1n) is 23.6. The van der Waals surface area contributed by atoms with Crippen molar-refractivity contribution in [2.45, 2.75) is 114 Å². The number of benzene rings is 2. The number of aryl methyl sites for hydroxylation is 2. The highest BCUT2D eigenvalue weighted by atomic mass is 35.5. The Bertz CT molecular complexity index is 2790. The van der Waals surface area contributed by atoms with Crippen molar-refractivity contribution >= 4 is 63.1 Å². The van der Waals surface area contributed by atoms with E-state index in [-0.39, 0.29) is 54.3 Å². The quantitative estimate of drug-likeness (QED) is 0.0979. The Balaban J connectivity index is 0.875. The zero-order chi connectivity index (χ0) is 50.5. The van der Waals surface area contributed by atoms with E-state index < -0.39 is 35.8 Å². The SMILES string of the molecule is Cc1cc(C(F)(F)F)nn1CC(C(=O)C(Cn1nc(C(F)(F)F)cc1C)N1CCC(c2nc(C3=NO[C@@H](c4ccccc4Cl)C3)cs2)CC1)N1CCC(c2nc(C3=NO[C@@H](c4ccccc4Cl)C3)cs2)CC1. The van der Waals surface area contributed by atoms with Gasteiger partial charge in [0, 0.05) is 68.0 Å². The van der Waals surface area contributed by atoms with Crippen molar-refractivity contribution in [3.63, 3.8) is 0 Å². The maximum Gasteiger partial charge on any atom is 0.435 e. The van der Waals surface area contributed by atoms with Gasteiger partial charge in [0.05, 0.1) is 46.6 Å². The number of thiazole rings is 2. The number of oxime groups is 2. The van der Waals surface area contributed by atoms with Crippen LogP contribution >= 0.6 is 45.9 Å². The summed E-state index contributed by atoms with van der Waals surface area (Å²) in [6.45, 7) is 4.21. The van der Waals surface area contributed by atoms with Crippen LogP contribution in [0.25, 0.3) is 0 Å². The number of carbonyl (C=O) groups excluding carboxylic acids is 1. The van der Waals surface area contributed by atoms with Crippen LogP contribution in [0.1, 0.15) is 118 Å². The molecule has 4 aromatic heterocycles. The molecule has 0 radical (unpaired) electrons. The molecule has 0 saturated carbocycles. The Morgan fingerprint density at radius 1 is 0.653 bits per heavy atom. The van der Waals surface area contributed by atoms with E-state index in [0.29, 0.717) is 97.6 Å². The maximum absolute atomic E-state index is 15.5. The first-order valence-corrected chi connectivity index (χ1v) is 26.1. The number of aromatic nitrogens is 6. The molecule has 6 aromatic rings. The van der Waals surface area contributed by atoms with Crippen LogP contribution in [0, 0.1) is 13.8 Å². The van der Waals surface area contributed by atoms with Gasteiger partial charge in [-0.3, -0.25) is 24.0 Å². The number of piperidine rings is 2. The zero-order valence-electron chi connectivity index (χ0n) is 38.9. The summed E-state index contributed by atoms with van der Waals surface area (Å²) in [5.41, 5.74) is 2.77. The topological polar surface area (TPSA) is 128 Å². The van der Waals surface area contributed by atoms with Crippen LogP contribution in [0.5, 0.6) is 0 Å². The largest absolute Gasteiger partial charge is 0.435 e. The van der Waals surface area contributed by atoms with Gasteiger partial charge >= 0.3 is 12.4 Å². The van der Waals surface area contributed by atoms with E-state index in [2.05, 4.69) is 20.5 Å². The highest BCUT2D eigenvalue weighted by molar-refractivity contribution is 7.10. The molecule has 13 nitrogen and oxygen atoms in total. The molecule has 4 atom stereocenters. The Kier molecular flexibility index (Phi) is 14.4. The Hall–Kier alpha value is -5.19. The molecule has 0 spiro atoms. The number of carbonyl (C=O) groups is 1. The van der Waals surface area contributed by atoms with Crippen LogP contribution in [0.2, 0.25) is 10.0 Å². The second-order valence-electron chi connectivity index (χ2n) is 18.6. The number of hydrogen-bond donors (Lipinski definition) is 0. The molecule has 0 N–H and O–H groups in total. The van der Waals surface area contributed by atoms with Gasteiger partial charge in [-0.05, 0) is 90.0 Å². The van der Waals surface area contributed by atoms with Gasteiger partial charge in [0.1, 0.15) is 11.4 Å². The standard InChI is InChI=1S/C49H48Cl2F6N10O3S2/c1-27-19-43(48(52,53)54)60-66(27)23-39(64-15-11-29(12-16-64)46-58-37(25-71-46)35-21-41(69-62-35)31-7-3-5-9-33(31)50)45(68)40(24-67-28(2)20-44(61-67)49(55,56)57)65-17-13-30(14-18-65)47-59-38(26-72-47)36-22-42(70-63-36)32-8-4-6-10-34(32)51/h3-10,19-20,25-26,29-30,39-42H,11-18,21-24H2,1-2H3/t39?,40?,41-,42-/m1/s1. The summed E-state index contributed by atoms with van der Waals surface area (Å²) < 4.78 is 86.5. The Morgan fingerprint density at radius 3 is 1.40 bits per heavy atom. The van der Waals surface area contributed by atoms with E-state index in [4.69, 9.17) is 42.8 Å². The van der Waals surface area contributed by atoms with Gasteiger partial charge in [-0.1, -0.05) is 69.9 Å². The smallest absolute Gasteiger partial charge is 0.387 e. The number of hydrogen-bond acceptors (Lipinski definition) is 13. The van der Waals surface area contributed by atoms with Crippen LogP contribution < -0.4 is 0 Å². The van der Waals surface area contributed by atoms with Crippen molar-refractivity contribution in [2.75, 3.05) is 26.2 Å². The second kappa shape index (κ2) is 20.6. The Labute approximate surface area is 428 Å². The van der Waals surface area contributed by atoms with E-state index in [1.54, 1.807) is 12.1 Å². The minimum Gasteiger partial charge on any atom is -0.387 e. The van der Waals surface area contributed by atoms with Gasteiger partial charge < -0.3 is 9.68 Å². The lowest BCUT2D eigenvalue weighted by molar-refractivity contribution is -0.142. The highest BCUT2D eigenvalue weighted by Crippen LogP contribution is 2.39. The summed E-state index contributed by atoms with van der Waals surface area (Å²) in [5.74, 6) is -0.300. The fourth-order valence-electron chi connectivity index (χ4n) is 9.98. The van der Waals surface area contributed by atoms with Crippen LogP contribution in [-0.2, 0) is 39.9 Å². The first kappa shape index (κ1) is 50.3. The van der Waals surface area contributed by atoms with Gasteiger partial charge in [0.25, 0.3) is 0 Å². The molecule has 2 saturated heterocycles. The third-order valence-corrected chi connectivity index (χ3v) is 16.7. The van der Waals surface area contributed by atoms with Crippen LogP contribution in [0.3, 0.4) is 0 Å². The van der Waals surface area contributed by atoms with Crippen LogP contribution in [0.15, 0.2) is 81.7 Å². The number of Topliss-reactive ketones (excluding diaryl/α,β-unsaturated/α-hetero) is 1. The lowest BCUT2D eigenvalue weighted by Gasteiger charge is -2.41. The van der Waals surface area contributed by atoms with Crippen molar-refractivity contribution in [1.29, 1.82) is 0 Å².